The quantitative estimate of drug-likeness (QED) is 0.383. The standard InChI is InChI=1S/C24H28BrN5O/c1-5-30-18(4)22(17(3)29-30)13-14-26-24(27-20-11-8-10-19(25)15-20)28-23(31)21-12-7-6-9-16(21)2/h6-12,15H,5,13-14H2,1-4H3,(H2,26,27,28,31). The summed E-state index contributed by atoms with van der Waals surface area (Å²) < 4.78 is 2.95. The van der Waals surface area contributed by atoms with Gasteiger partial charge in [-0.15, -0.1) is 0 Å². The van der Waals surface area contributed by atoms with Gasteiger partial charge in [0.1, 0.15) is 0 Å². The average Bonchev–Trinajstić information content (AvgIpc) is 3.01. The van der Waals surface area contributed by atoms with Crippen LogP contribution in [0.3, 0.4) is 0 Å². The van der Waals surface area contributed by atoms with Gasteiger partial charge < -0.3 is 5.32 Å². The lowest BCUT2D eigenvalue weighted by atomic mass is 10.1. The summed E-state index contributed by atoms with van der Waals surface area (Å²) in [6, 6.07) is 15.3. The highest BCUT2D eigenvalue weighted by molar-refractivity contribution is 9.10. The fraction of sp³-hybridized carbons (Fsp3) is 0.292. The highest BCUT2D eigenvalue weighted by Crippen LogP contribution is 2.16. The number of aromatic nitrogens is 2. The Kier molecular flexibility index (Phi) is 7.63. The van der Waals surface area contributed by atoms with Crippen LogP contribution >= 0.6 is 15.9 Å². The minimum atomic E-state index is -0.189. The summed E-state index contributed by atoms with van der Waals surface area (Å²) in [5.41, 5.74) is 5.78. The molecule has 0 unspecified atom stereocenters. The first kappa shape index (κ1) is 22.7. The van der Waals surface area contributed by atoms with Gasteiger partial charge in [0.2, 0.25) is 5.96 Å². The number of amides is 1. The van der Waals surface area contributed by atoms with Crippen molar-refractivity contribution in [1.29, 1.82) is 0 Å². The predicted molar refractivity (Wildman–Crippen MR) is 130 cm³/mol. The van der Waals surface area contributed by atoms with Crippen LogP contribution in [-0.4, -0.2) is 28.2 Å². The van der Waals surface area contributed by atoms with Crippen molar-refractivity contribution in [3.8, 4) is 0 Å². The Hall–Kier alpha value is -2.93. The van der Waals surface area contributed by atoms with Gasteiger partial charge in [0.25, 0.3) is 5.91 Å². The van der Waals surface area contributed by atoms with Crippen LogP contribution in [0.1, 0.15) is 39.8 Å². The van der Waals surface area contributed by atoms with E-state index in [1.807, 2.05) is 67.1 Å². The fourth-order valence-corrected chi connectivity index (χ4v) is 3.90. The lowest BCUT2D eigenvalue weighted by Crippen LogP contribution is -2.36. The molecule has 2 aromatic carbocycles. The number of hydrogen-bond donors (Lipinski definition) is 2. The van der Waals surface area contributed by atoms with Crippen molar-refractivity contribution in [2.24, 2.45) is 4.99 Å². The van der Waals surface area contributed by atoms with Crippen molar-refractivity contribution in [3.05, 3.63) is 81.1 Å². The highest BCUT2D eigenvalue weighted by atomic mass is 79.9. The van der Waals surface area contributed by atoms with Crippen LogP contribution in [0.2, 0.25) is 0 Å². The molecule has 3 aromatic rings. The monoisotopic (exact) mass is 481 g/mol. The summed E-state index contributed by atoms with van der Waals surface area (Å²) in [5, 5.41) is 10.8. The highest BCUT2D eigenvalue weighted by Gasteiger charge is 2.13. The molecule has 3 rings (SSSR count). The second kappa shape index (κ2) is 10.4. The molecule has 0 fully saturated rings. The number of aliphatic imine (C=N–C) groups is 1. The van der Waals surface area contributed by atoms with E-state index in [-0.39, 0.29) is 5.91 Å². The van der Waals surface area contributed by atoms with Gasteiger partial charge in [0.15, 0.2) is 0 Å². The summed E-state index contributed by atoms with van der Waals surface area (Å²) in [4.78, 5) is 17.5. The zero-order valence-electron chi connectivity index (χ0n) is 18.4. The van der Waals surface area contributed by atoms with E-state index in [1.54, 1.807) is 0 Å². The fourth-order valence-electron chi connectivity index (χ4n) is 3.50. The summed E-state index contributed by atoms with van der Waals surface area (Å²) >= 11 is 3.48. The number of halogens is 1. The smallest absolute Gasteiger partial charge is 0.258 e. The van der Waals surface area contributed by atoms with Gasteiger partial charge in [-0.2, -0.15) is 5.10 Å². The van der Waals surface area contributed by atoms with E-state index in [4.69, 9.17) is 0 Å². The van der Waals surface area contributed by atoms with Crippen molar-refractivity contribution in [3.63, 3.8) is 0 Å². The van der Waals surface area contributed by atoms with Gasteiger partial charge >= 0.3 is 0 Å². The Labute approximate surface area is 191 Å². The van der Waals surface area contributed by atoms with E-state index in [1.165, 1.54) is 11.3 Å². The van der Waals surface area contributed by atoms with Gasteiger partial charge in [-0.3, -0.25) is 19.8 Å². The number of benzene rings is 2. The molecular weight excluding hydrogens is 454 g/mol. The first-order valence-electron chi connectivity index (χ1n) is 10.4. The molecule has 1 amide bonds. The molecule has 6 nitrogen and oxygen atoms in total. The summed E-state index contributed by atoms with van der Waals surface area (Å²) in [6.45, 7) is 9.49. The van der Waals surface area contributed by atoms with E-state index in [0.29, 0.717) is 18.1 Å². The van der Waals surface area contributed by atoms with Crippen LogP contribution in [0.15, 0.2) is 58.0 Å². The van der Waals surface area contributed by atoms with Crippen LogP contribution in [0.4, 0.5) is 5.69 Å². The molecule has 0 bridgehead atoms. The third kappa shape index (κ3) is 5.82. The zero-order chi connectivity index (χ0) is 22.4. The maximum Gasteiger partial charge on any atom is 0.258 e. The van der Waals surface area contributed by atoms with Crippen molar-refractivity contribution < 1.29 is 4.79 Å². The number of nitrogens with zero attached hydrogens (tertiary/aromatic N) is 3. The number of nitrogens with one attached hydrogen (secondary N) is 2. The largest absolute Gasteiger partial charge is 0.326 e. The van der Waals surface area contributed by atoms with Crippen LogP contribution in [0, 0.1) is 20.8 Å². The van der Waals surface area contributed by atoms with E-state index >= 15 is 0 Å². The van der Waals surface area contributed by atoms with Gasteiger partial charge in [0, 0.05) is 34.5 Å². The Morgan fingerprint density at radius 1 is 1.13 bits per heavy atom. The first-order valence-corrected chi connectivity index (χ1v) is 11.1. The summed E-state index contributed by atoms with van der Waals surface area (Å²) in [5.74, 6) is 0.232. The normalized spacial score (nSPS) is 11.5. The van der Waals surface area contributed by atoms with E-state index < -0.39 is 0 Å². The van der Waals surface area contributed by atoms with Crippen molar-refractivity contribution in [1.82, 2.24) is 15.1 Å². The predicted octanol–water partition coefficient (Wildman–Crippen LogP) is 5.03. The maximum absolute atomic E-state index is 12.9. The van der Waals surface area contributed by atoms with E-state index in [0.717, 1.165) is 34.4 Å². The molecule has 0 atom stereocenters. The van der Waals surface area contributed by atoms with Crippen molar-refractivity contribution >= 4 is 33.5 Å². The first-order chi connectivity index (χ1) is 14.9. The topological polar surface area (TPSA) is 71.3 Å². The molecule has 2 N–H and O–H groups in total. The van der Waals surface area contributed by atoms with Gasteiger partial charge in [0.05, 0.1) is 5.69 Å². The lowest BCUT2D eigenvalue weighted by Gasteiger charge is -2.13. The number of rotatable bonds is 6. The van der Waals surface area contributed by atoms with E-state index in [2.05, 4.69) is 50.5 Å². The third-order valence-electron chi connectivity index (χ3n) is 5.17. The van der Waals surface area contributed by atoms with Gasteiger partial charge in [-0.1, -0.05) is 40.2 Å². The van der Waals surface area contributed by atoms with Crippen LogP contribution in [0.25, 0.3) is 0 Å². The molecule has 0 radical (unpaired) electrons. The second-order valence-corrected chi connectivity index (χ2v) is 8.27. The molecule has 31 heavy (non-hydrogen) atoms. The Morgan fingerprint density at radius 2 is 1.90 bits per heavy atom. The number of aryl methyl sites for hydroxylation is 3. The Bertz CT molecular complexity index is 1100. The van der Waals surface area contributed by atoms with Crippen LogP contribution in [0.5, 0.6) is 0 Å². The minimum absolute atomic E-state index is 0.189. The molecule has 162 valence electrons. The summed E-state index contributed by atoms with van der Waals surface area (Å²) in [7, 11) is 0. The maximum atomic E-state index is 12.9. The lowest BCUT2D eigenvalue weighted by molar-refractivity contribution is 0.0976. The minimum Gasteiger partial charge on any atom is -0.326 e. The molecule has 0 aliphatic rings. The average molecular weight is 482 g/mol. The molecular formula is C24H28BrN5O. The number of carbonyl (C=O) groups is 1. The third-order valence-corrected chi connectivity index (χ3v) is 5.66. The second-order valence-electron chi connectivity index (χ2n) is 7.35. The molecule has 1 aromatic heterocycles. The van der Waals surface area contributed by atoms with Gasteiger partial charge in [-0.05, 0) is 69.5 Å². The molecule has 0 saturated carbocycles. The SMILES string of the molecule is CCn1nc(C)c(CCN=C(NC(=O)c2ccccc2C)Nc2cccc(Br)c2)c1C. The van der Waals surface area contributed by atoms with Gasteiger partial charge in [-0.25, -0.2) is 0 Å². The molecule has 0 aliphatic heterocycles. The van der Waals surface area contributed by atoms with Crippen molar-refractivity contribution in [2.45, 2.75) is 40.7 Å². The summed E-state index contributed by atoms with van der Waals surface area (Å²) in [6.07, 6.45) is 0.752. The number of anilines is 1. The zero-order valence-corrected chi connectivity index (χ0v) is 20.0. The molecule has 1 heterocycles. The molecule has 7 heteroatoms. The molecule has 0 saturated heterocycles. The van der Waals surface area contributed by atoms with Crippen LogP contribution in [-0.2, 0) is 13.0 Å². The Balaban J connectivity index is 1.80. The number of carbonyl (C=O) groups excluding carboxylic acids is 1. The van der Waals surface area contributed by atoms with Crippen molar-refractivity contribution in [2.75, 3.05) is 11.9 Å². The molecule has 0 aliphatic carbocycles. The number of guanidine groups is 1. The van der Waals surface area contributed by atoms with E-state index in [9.17, 15) is 4.79 Å². The van der Waals surface area contributed by atoms with Crippen LogP contribution < -0.4 is 10.6 Å². The number of hydrogen-bond acceptors (Lipinski definition) is 3. The Morgan fingerprint density at radius 3 is 2.58 bits per heavy atom. The molecule has 0 spiro atoms.